The molecule has 2 aliphatic heterocycles. The Morgan fingerprint density at radius 3 is 2.50 bits per heavy atom. The minimum Gasteiger partial charge on any atom is -0.578 e. The average molecular weight is 518 g/mol. The summed E-state index contributed by atoms with van der Waals surface area (Å²) in [5.74, 6) is 1.99. The number of anilines is 3. The molecule has 2 unspecified atom stereocenters. The average Bonchev–Trinajstić information content (AvgIpc) is 3.33. The largest absolute Gasteiger partial charge is 0.578 e. The Labute approximate surface area is 215 Å². The Balaban J connectivity index is 1.51. The zero-order chi connectivity index (χ0) is 25.8. The minimum absolute atomic E-state index is 0.0255. The lowest BCUT2D eigenvalue weighted by atomic mass is 9.90. The molecule has 2 saturated heterocycles. The van der Waals surface area contributed by atoms with Gasteiger partial charge in [-0.3, -0.25) is 5.10 Å². The molecular formula is C23H35N9O3S. The van der Waals surface area contributed by atoms with Gasteiger partial charge in [0, 0.05) is 25.2 Å². The van der Waals surface area contributed by atoms with Crippen LogP contribution in [-0.2, 0) is 18.2 Å². The number of ether oxygens (including phenoxy) is 1. The van der Waals surface area contributed by atoms with Gasteiger partial charge in [-0.05, 0) is 25.7 Å². The van der Waals surface area contributed by atoms with E-state index in [0.29, 0.717) is 42.2 Å². The number of piperidine rings is 1. The maximum Gasteiger partial charge on any atom is 0.230 e. The van der Waals surface area contributed by atoms with Crippen LogP contribution >= 0.6 is 0 Å². The predicted molar refractivity (Wildman–Crippen MR) is 137 cm³/mol. The number of nitrogens with zero attached hydrogens (tertiary/aromatic N) is 7. The number of hydrogen-bond donors (Lipinski definition) is 3. The molecule has 0 aromatic carbocycles. The molecule has 0 saturated carbocycles. The van der Waals surface area contributed by atoms with Crippen molar-refractivity contribution in [1.82, 2.24) is 28.8 Å². The summed E-state index contributed by atoms with van der Waals surface area (Å²) in [6.45, 7) is 5.27. The van der Waals surface area contributed by atoms with E-state index in [1.165, 1.54) is 0 Å². The third-order valence-electron chi connectivity index (χ3n) is 7.00. The number of aromatic nitrogens is 4. The van der Waals surface area contributed by atoms with Crippen molar-refractivity contribution in [3.8, 4) is 11.9 Å². The number of aliphatic hydroxyl groups is 1. The number of hydrogen-bond acceptors (Lipinski definition) is 11. The maximum absolute atomic E-state index is 13.4. The predicted octanol–water partition coefficient (Wildman–Crippen LogP) is 1.94. The second-order valence-electron chi connectivity index (χ2n) is 9.28. The van der Waals surface area contributed by atoms with Gasteiger partial charge in [0.25, 0.3) is 0 Å². The second kappa shape index (κ2) is 11.6. The maximum atomic E-state index is 13.4. The van der Waals surface area contributed by atoms with E-state index in [4.69, 9.17) is 15.0 Å². The van der Waals surface area contributed by atoms with Gasteiger partial charge in [0.05, 0.1) is 56.6 Å². The van der Waals surface area contributed by atoms with Crippen molar-refractivity contribution >= 4 is 29.1 Å². The normalized spacial score (nSPS) is 24.1. The van der Waals surface area contributed by atoms with E-state index in [1.807, 2.05) is 11.4 Å². The Morgan fingerprint density at radius 2 is 1.94 bits per heavy atom. The monoisotopic (exact) mass is 517 g/mol. The molecule has 4 atom stereocenters. The molecular weight excluding hydrogens is 482 g/mol. The fourth-order valence-corrected chi connectivity index (χ4v) is 6.68. The molecule has 2 fully saturated rings. The summed E-state index contributed by atoms with van der Waals surface area (Å²) in [4.78, 5) is 11.4. The van der Waals surface area contributed by atoms with Crippen molar-refractivity contribution in [2.75, 3.05) is 37.5 Å². The van der Waals surface area contributed by atoms with Crippen LogP contribution in [0.4, 0.5) is 17.6 Å². The van der Waals surface area contributed by atoms with E-state index in [0.717, 1.165) is 25.7 Å². The third kappa shape index (κ3) is 5.52. The molecule has 0 bridgehead atoms. The van der Waals surface area contributed by atoms with Crippen LogP contribution < -0.4 is 15.0 Å². The van der Waals surface area contributed by atoms with Gasteiger partial charge in [0.15, 0.2) is 5.82 Å². The van der Waals surface area contributed by atoms with Crippen molar-refractivity contribution in [3.05, 3.63) is 17.8 Å². The molecule has 0 aliphatic carbocycles. The number of rotatable bonds is 10. The van der Waals surface area contributed by atoms with Gasteiger partial charge in [-0.2, -0.15) is 20.3 Å². The summed E-state index contributed by atoms with van der Waals surface area (Å²) in [6.07, 6.45) is 3.40. The zero-order valence-electron chi connectivity index (χ0n) is 21.2. The van der Waals surface area contributed by atoms with Gasteiger partial charge < -0.3 is 24.6 Å². The molecule has 196 valence electrons. The highest BCUT2D eigenvalue weighted by Crippen LogP contribution is 2.36. The molecule has 12 nitrogen and oxygen atoms in total. The lowest BCUT2D eigenvalue weighted by Gasteiger charge is -2.48. The smallest absolute Gasteiger partial charge is 0.230 e. The summed E-state index contributed by atoms with van der Waals surface area (Å²) in [5.41, 5.74) is 0.595. The van der Waals surface area contributed by atoms with Crippen LogP contribution in [0.5, 0.6) is 5.88 Å². The molecule has 0 amide bonds. The second-order valence-corrected chi connectivity index (χ2v) is 10.7. The van der Waals surface area contributed by atoms with Gasteiger partial charge in [0.2, 0.25) is 11.8 Å². The fraction of sp³-hybridized carbons (Fsp3) is 0.652. The van der Waals surface area contributed by atoms with Crippen molar-refractivity contribution in [2.24, 2.45) is 5.92 Å². The Morgan fingerprint density at radius 1 is 1.25 bits per heavy atom. The highest BCUT2D eigenvalue weighted by atomic mass is 32.2. The number of H-pyrrole nitrogens is 1. The van der Waals surface area contributed by atoms with E-state index in [1.54, 1.807) is 19.2 Å². The highest BCUT2D eigenvalue weighted by molar-refractivity contribution is 7.86. The summed E-state index contributed by atoms with van der Waals surface area (Å²) < 4.78 is 22.9. The Hall–Kier alpha value is -2.63. The minimum atomic E-state index is -1.24. The first kappa shape index (κ1) is 26.4. The molecule has 0 spiro atoms. The van der Waals surface area contributed by atoms with Crippen LogP contribution in [0.2, 0.25) is 0 Å². The summed E-state index contributed by atoms with van der Waals surface area (Å²) in [6, 6.07) is 6.11. The van der Waals surface area contributed by atoms with Gasteiger partial charge in [-0.15, -0.1) is 8.61 Å². The van der Waals surface area contributed by atoms with Crippen LogP contribution in [0.1, 0.15) is 45.2 Å². The number of nitriles is 1. The Bertz CT molecular complexity index is 1040. The first-order valence-electron chi connectivity index (χ1n) is 12.3. The molecule has 4 rings (SSSR count). The first-order valence-corrected chi connectivity index (χ1v) is 13.4. The molecule has 3 N–H and O–H groups in total. The van der Waals surface area contributed by atoms with Crippen LogP contribution in [0, 0.1) is 17.2 Å². The van der Waals surface area contributed by atoms with Crippen LogP contribution in [-0.4, -0.2) is 83.8 Å². The van der Waals surface area contributed by atoms with Gasteiger partial charge in [0.1, 0.15) is 17.4 Å². The lowest BCUT2D eigenvalue weighted by molar-refractivity contribution is 0.129. The van der Waals surface area contributed by atoms with E-state index >= 15 is 0 Å². The number of methoxy groups -OCH3 is 1. The van der Waals surface area contributed by atoms with Crippen molar-refractivity contribution < 1.29 is 14.4 Å². The van der Waals surface area contributed by atoms with Crippen molar-refractivity contribution in [2.45, 2.75) is 64.3 Å². The number of aromatic amines is 1. The summed E-state index contributed by atoms with van der Waals surface area (Å²) >= 11 is -1.24. The molecule has 0 radical (unpaired) electrons. The quantitative estimate of drug-likeness (QED) is 0.396. The first-order chi connectivity index (χ1) is 17.4. The fourth-order valence-electron chi connectivity index (χ4n) is 4.82. The lowest BCUT2D eigenvalue weighted by Crippen LogP contribution is -2.62. The molecule has 36 heavy (non-hydrogen) atoms. The van der Waals surface area contributed by atoms with Crippen LogP contribution in [0.15, 0.2) is 12.1 Å². The number of aliphatic hydroxyl groups excluding tert-OH is 1. The highest BCUT2D eigenvalue weighted by Gasteiger charge is 2.48. The molecule has 13 heteroatoms. The molecule has 2 aliphatic rings. The van der Waals surface area contributed by atoms with Gasteiger partial charge in [-0.1, -0.05) is 13.8 Å². The molecule has 2 aromatic rings. The van der Waals surface area contributed by atoms with Gasteiger partial charge >= 0.3 is 0 Å². The topological polar surface area (TPSA) is 153 Å². The molecule has 2 aromatic heterocycles. The standard InChI is InChI=1S/C23H35N9O3S/c1-5-17-8-19(9-18(6-2)32(17)36(34)31-12-15(11-24)13-31)30(3)23-26-20(10-22(27-23)35-4)25-21-7-16(14-33)28-29-21/h7,10,15,17-19,33H,5-6,8-9,12-14H2,1-4H3,(H2,25,26,27,28,29)/t17-,18+,19?,36?. The van der Waals surface area contributed by atoms with E-state index < -0.39 is 11.5 Å². The summed E-state index contributed by atoms with van der Waals surface area (Å²) in [7, 11) is 3.55. The number of nitrogens with one attached hydrogen (secondary N) is 2. The van der Waals surface area contributed by atoms with Crippen LogP contribution in [0.3, 0.4) is 0 Å². The third-order valence-corrected chi connectivity index (χ3v) is 8.70. The Kier molecular flexibility index (Phi) is 8.53. The van der Waals surface area contributed by atoms with Crippen molar-refractivity contribution in [3.63, 3.8) is 0 Å². The zero-order valence-corrected chi connectivity index (χ0v) is 22.0. The van der Waals surface area contributed by atoms with Crippen LogP contribution in [0.25, 0.3) is 0 Å². The molecule has 4 heterocycles. The SMILES string of the molecule is CC[C@@H]1CC(N(C)c2nc(Nc3cc(CO)[nH]n3)cc(OC)n2)C[C@H](CC)N1[S+]([O-])N1CC(C#N)C1. The van der Waals surface area contributed by atoms with Crippen molar-refractivity contribution in [1.29, 1.82) is 5.26 Å². The summed E-state index contributed by atoms with van der Waals surface area (Å²) in [5, 5.41) is 28.4. The van der Waals surface area contributed by atoms with E-state index in [9.17, 15) is 9.66 Å². The van der Waals surface area contributed by atoms with Gasteiger partial charge in [-0.25, -0.2) is 0 Å². The van der Waals surface area contributed by atoms with E-state index in [-0.39, 0.29) is 30.7 Å². The van der Waals surface area contributed by atoms with E-state index in [2.05, 4.69) is 49.6 Å².